The summed E-state index contributed by atoms with van der Waals surface area (Å²) in [4.78, 5) is 11.4. The smallest absolute Gasteiger partial charge is 0.407 e. The van der Waals surface area contributed by atoms with Gasteiger partial charge in [-0.05, 0) is 6.08 Å². The second-order valence-electron chi connectivity index (χ2n) is 2.95. The minimum atomic E-state index is -1.66. The number of nitrogens with zero attached hydrogens (tertiary/aromatic N) is 2. The molecule has 1 atom stereocenters. The molecule has 1 amide bonds. The number of hydrogen-bond donors (Lipinski definition) is 1. The van der Waals surface area contributed by atoms with Gasteiger partial charge in [-0.1, -0.05) is 0 Å². The van der Waals surface area contributed by atoms with E-state index in [9.17, 15) is 9.18 Å². The summed E-state index contributed by atoms with van der Waals surface area (Å²) in [5.41, 5.74) is -1.66. The first-order valence-electron chi connectivity index (χ1n) is 3.81. The van der Waals surface area contributed by atoms with Crippen molar-refractivity contribution in [3.05, 3.63) is 12.2 Å². The molecule has 4 nitrogen and oxygen atoms in total. The number of carbonyl (C=O) groups is 1. The molecule has 0 aromatic rings. The van der Waals surface area contributed by atoms with Gasteiger partial charge in [-0.3, -0.25) is 0 Å². The van der Waals surface area contributed by atoms with Crippen LogP contribution < -0.4 is 0 Å². The Hall–Kier alpha value is -1.57. The van der Waals surface area contributed by atoms with Crippen molar-refractivity contribution < 1.29 is 14.3 Å². The molecule has 0 aliphatic carbocycles. The molecule has 0 aromatic carbocycles. The first-order valence-corrected chi connectivity index (χ1v) is 3.81. The highest BCUT2D eigenvalue weighted by Gasteiger charge is 2.38. The zero-order chi connectivity index (χ0) is 9.90. The SMILES string of the molecule is N#C/C=C/C1(F)CCN(C(=O)O)C1. The highest BCUT2D eigenvalue weighted by molar-refractivity contribution is 5.65. The summed E-state index contributed by atoms with van der Waals surface area (Å²) < 4.78 is 13.6. The van der Waals surface area contributed by atoms with Gasteiger partial charge in [0.25, 0.3) is 0 Å². The molecule has 5 heteroatoms. The largest absolute Gasteiger partial charge is 0.465 e. The minimum Gasteiger partial charge on any atom is -0.465 e. The summed E-state index contributed by atoms with van der Waals surface area (Å²) in [6.45, 7) is 0.00210. The van der Waals surface area contributed by atoms with Crippen LogP contribution in [0.3, 0.4) is 0 Å². The topological polar surface area (TPSA) is 64.3 Å². The normalized spacial score (nSPS) is 27.8. The van der Waals surface area contributed by atoms with Crippen LogP contribution in [0.1, 0.15) is 6.42 Å². The lowest BCUT2D eigenvalue weighted by atomic mass is 10.1. The molecule has 1 rings (SSSR count). The number of carboxylic acid groups (broad SMARTS) is 1. The molecular formula is C8H9FN2O2. The lowest BCUT2D eigenvalue weighted by molar-refractivity contribution is 0.146. The number of amides is 1. The molecule has 0 saturated carbocycles. The molecule has 0 bridgehead atoms. The van der Waals surface area contributed by atoms with Gasteiger partial charge in [-0.25, -0.2) is 9.18 Å². The Balaban J connectivity index is 2.62. The van der Waals surface area contributed by atoms with Gasteiger partial charge in [-0.15, -0.1) is 0 Å². The van der Waals surface area contributed by atoms with Crippen molar-refractivity contribution in [1.29, 1.82) is 5.26 Å². The average molecular weight is 184 g/mol. The van der Waals surface area contributed by atoms with E-state index in [0.29, 0.717) is 0 Å². The molecule has 1 N–H and O–H groups in total. The quantitative estimate of drug-likeness (QED) is 0.622. The van der Waals surface area contributed by atoms with E-state index < -0.39 is 11.8 Å². The maximum Gasteiger partial charge on any atom is 0.407 e. The molecule has 0 spiro atoms. The molecule has 1 saturated heterocycles. The third kappa shape index (κ3) is 2.18. The maximum absolute atomic E-state index is 13.6. The van der Waals surface area contributed by atoms with Gasteiger partial charge in [0.15, 0.2) is 0 Å². The Kier molecular flexibility index (Phi) is 2.52. The Labute approximate surface area is 74.9 Å². The van der Waals surface area contributed by atoms with E-state index in [4.69, 9.17) is 10.4 Å². The molecule has 1 unspecified atom stereocenters. The lowest BCUT2D eigenvalue weighted by Crippen LogP contribution is -2.31. The van der Waals surface area contributed by atoms with Crippen molar-refractivity contribution in [3.8, 4) is 6.07 Å². The molecule has 70 valence electrons. The monoisotopic (exact) mass is 184 g/mol. The number of halogens is 1. The molecule has 1 aliphatic rings. The van der Waals surface area contributed by atoms with Crippen LogP contribution in [0.25, 0.3) is 0 Å². The van der Waals surface area contributed by atoms with E-state index in [1.165, 1.54) is 0 Å². The van der Waals surface area contributed by atoms with Crippen molar-refractivity contribution in [2.75, 3.05) is 13.1 Å². The van der Waals surface area contributed by atoms with Crippen LogP contribution in [0.15, 0.2) is 12.2 Å². The fourth-order valence-electron chi connectivity index (χ4n) is 1.28. The second-order valence-corrected chi connectivity index (χ2v) is 2.95. The first kappa shape index (κ1) is 9.52. The Morgan fingerprint density at radius 3 is 2.92 bits per heavy atom. The fraction of sp³-hybridized carbons (Fsp3) is 0.500. The highest BCUT2D eigenvalue weighted by atomic mass is 19.1. The third-order valence-electron chi connectivity index (χ3n) is 1.98. The molecule has 13 heavy (non-hydrogen) atoms. The Morgan fingerprint density at radius 1 is 1.77 bits per heavy atom. The highest BCUT2D eigenvalue weighted by Crippen LogP contribution is 2.26. The first-order chi connectivity index (χ1) is 6.07. The van der Waals surface area contributed by atoms with Gasteiger partial charge in [0.05, 0.1) is 12.6 Å². The molecule has 0 radical (unpaired) electrons. The van der Waals surface area contributed by atoms with Crippen LogP contribution in [-0.4, -0.2) is 34.9 Å². The number of likely N-dealkylation sites (tertiary alicyclic amines) is 1. The minimum absolute atomic E-state index is 0.123. The zero-order valence-corrected chi connectivity index (χ0v) is 6.90. The number of alkyl halides is 1. The molecule has 1 heterocycles. The van der Waals surface area contributed by atoms with Crippen molar-refractivity contribution in [2.24, 2.45) is 0 Å². The van der Waals surface area contributed by atoms with E-state index in [-0.39, 0.29) is 19.5 Å². The maximum atomic E-state index is 13.6. The summed E-state index contributed by atoms with van der Waals surface area (Å²) in [6.07, 6.45) is 1.17. The van der Waals surface area contributed by atoms with E-state index >= 15 is 0 Å². The van der Waals surface area contributed by atoms with E-state index in [2.05, 4.69) is 0 Å². The lowest BCUT2D eigenvalue weighted by Gasteiger charge is -2.14. The number of allylic oxidation sites excluding steroid dienone is 1. The van der Waals surface area contributed by atoms with Crippen molar-refractivity contribution in [1.82, 2.24) is 4.90 Å². The number of rotatable bonds is 1. The second kappa shape index (κ2) is 3.44. The van der Waals surface area contributed by atoms with Crippen molar-refractivity contribution in [3.63, 3.8) is 0 Å². The van der Waals surface area contributed by atoms with Gasteiger partial charge < -0.3 is 10.0 Å². The van der Waals surface area contributed by atoms with Crippen LogP contribution in [0.5, 0.6) is 0 Å². The van der Waals surface area contributed by atoms with Crippen LogP contribution in [0.4, 0.5) is 9.18 Å². The van der Waals surface area contributed by atoms with Crippen LogP contribution in [0, 0.1) is 11.3 Å². The Bertz CT molecular complexity index is 284. The van der Waals surface area contributed by atoms with E-state index in [0.717, 1.165) is 17.1 Å². The van der Waals surface area contributed by atoms with Gasteiger partial charge in [-0.2, -0.15) is 5.26 Å². The predicted molar refractivity (Wildman–Crippen MR) is 42.8 cm³/mol. The molecular weight excluding hydrogens is 175 g/mol. The van der Waals surface area contributed by atoms with Gasteiger partial charge in [0.1, 0.15) is 5.67 Å². The predicted octanol–water partition coefficient (Wildman–Crippen LogP) is 1.16. The van der Waals surface area contributed by atoms with E-state index in [1.54, 1.807) is 6.07 Å². The van der Waals surface area contributed by atoms with Crippen LogP contribution >= 0.6 is 0 Å². The number of hydrogen-bond acceptors (Lipinski definition) is 2. The van der Waals surface area contributed by atoms with Crippen LogP contribution in [0.2, 0.25) is 0 Å². The third-order valence-corrected chi connectivity index (χ3v) is 1.98. The summed E-state index contributed by atoms with van der Waals surface area (Å²) in [5.74, 6) is 0. The summed E-state index contributed by atoms with van der Waals surface area (Å²) in [6, 6.07) is 1.68. The van der Waals surface area contributed by atoms with Gasteiger partial charge in [0.2, 0.25) is 0 Å². The summed E-state index contributed by atoms with van der Waals surface area (Å²) in [5, 5.41) is 16.7. The zero-order valence-electron chi connectivity index (χ0n) is 6.90. The summed E-state index contributed by atoms with van der Waals surface area (Å²) in [7, 11) is 0. The van der Waals surface area contributed by atoms with Crippen molar-refractivity contribution in [2.45, 2.75) is 12.1 Å². The van der Waals surface area contributed by atoms with E-state index in [1.807, 2.05) is 0 Å². The Morgan fingerprint density at radius 2 is 2.46 bits per heavy atom. The molecule has 1 fully saturated rings. The van der Waals surface area contributed by atoms with Gasteiger partial charge >= 0.3 is 6.09 Å². The summed E-state index contributed by atoms with van der Waals surface area (Å²) >= 11 is 0. The number of nitriles is 1. The molecule has 0 aromatic heterocycles. The molecule has 1 aliphatic heterocycles. The van der Waals surface area contributed by atoms with Crippen molar-refractivity contribution >= 4 is 6.09 Å². The fourth-order valence-corrected chi connectivity index (χ4v) is 1.28. The standard InChI is InChI=1S/C8H9FN2O2/c9-8(2-1-4-10)3-5-11(6-8)7(12)13/h1-2H,3,5-6H2,(H,12,13)/b2-1+. The van der Waals surface area contributed by atoms with Crippen LogP contribution in [-0.2, 0) is 0 Å². The average Bonchev–Trinajstić information content (AvgIpc) is 2.46. The van der Waals surface area contributed by atoms with Gasteiger partial charge in [0, 0.05) is 19.0 Å².